The van der Waals surface area contributed by atoms with Gasteiger partial charge in [-0.2, -0.15) is 5.26 Å². The second-order valence-electron chi connectivity index (χ2n) is 5.53. The highest BCUT2D eigenvalue weighted by Crippen LogP contribution is 2.28. The fourth-order valence-corrected chi connectivity index (χ4v) is 2.71. The molecular formula is C16H23N3O. The molecule has 1 atom stereocenters. The number of hydrogen-bond acceptors (Lipinski definition) is 4. The molecule has 1 aliphatic rings. The van der Waals surface area contributed by atoms with Crippen LogP contribution in [0.25, 0.3) is 0 Å². The molecule has 4 heteroatoms. The standard InChI is InChI=1S/C16H23N3O/c1-12(2)19(11-14-5-4-8-18-14)16-9-15(20-3)7-6-13(16)10-17/h6-7,9,12,14,18H,4-5,8,11H2,1-3H3. The van der Waals surface area contributed by atoms with Crippen molar-refractivity contribution in [3.8, 4) is 11.8 Å². The topological polar surface area (TPSA) is 48.3 Å². The summed E-state index contributed by atoms with van der Waals surface area (Å²) in [6.07, 6.45) is 2.44. The summed E-state index contributed by atoms with van der Waals surface area (Å²) in [5.41, 5.74) is 1.67. The van der Waals surface area contributed by atoms with E-state index < -0.39 is 0 Å². The van der Waals surface area contributed by atoms with Gasteiger partial charge in [-0.3, -0.25) is 0 Å². The first-order chi connectivity index (χ1) is 9.65. The fourth-order valence-electron chi connectivity index (χ4n) is 2.71. The van der Waals surface area contributed by atoms with Crippen LogP contribution in [0.1, 0.15) is 32.3 Å². The lowest BCUT2D eigenvalue weighted by Crippen LogP contribution is -2.41. The molecule has 1 aliphatic heterocycles. The Morgan fingerprint density at radius 2 is 2.30 bits per heavy atom. The van der Waals surface area contributed by atoms with Crippen LogP contribution in [0.4, 0.5) is 5.69 Å². The molecule has 0 aliphatic carbocycles. The molecule has 1 aromatic rings. The van der Waals surface area contributed by atoms with Crippen LogP contribution >= 0.6 is 0 Å². The Balaban J connectivity index is 2.29. The molecular weight excluding hydrogens is 250 g/mol. The third-order valence-electron chi connectivity index (χ3n) is 3.84. The van der Waals surface area contributed by atoms with Crippen LogP contribution in [0.2, 0.25) is 0 Å². The average Bonchev–Trinajstić information content (AvgIpc) is 2.96. The number of hydrogen-bond donors (Lipinski definition) is 1. The minimum atomic E-state index is 0.344. The molecule has 0 radical (unpaired) electrons. The number of ether oxygens (including phenoxy) is 1. The lowest BCUT2D eigenvalue weighted by atomic mass is 10.1. The van der Waals surface area contributed by atoms with E-state index in [1.807, 2.05) is 18.2 Å². The van der Waals surface area contributed by atoms with E-state index in [0.717, 1.165) is 24.5 Å². The van der Waals surface area contributed by atoms with Crippen LogP contribution in [0.15, 0.2) is 18.2 Å². The Labute approximate surface area is 121 Å². The molecule has 0 spiro atoms. The normalized spacial score (nSPS) is 18.1. The Hall–Kier alpha value is -1.73. The van der Waals surface area contributed by atoms with Crippen molar-refractivity contribution in [3.05, 3.63) is 23.8 Å². The highest BCUT2D eigenvalue weighted by Gasteiger charge is 2.22. The number of methoxy groups -OCH3 is 1. The number of benzene rings is 1. The molecule has 0 bridgehead atoms. The Kier molecular flexibility index (Phi) is 4.86. The summed E-state index contributed by atoms with van der Waals surface area (Å²) in [5, 5.41) is 12.9. The summed E-state index contributed by atoms with van der Waals surface area (Å²) in [4.78, 5) is 2.30. The summed E-state index contributed by atoms with van der Waals surface area (Å²) in [7, 11) is 1.66. The van der Waals surface area contributed by atoms with Crippen molar-refractivity contribution in [1.29, 1.82) is 5.26 Å². The van der Waals surface area contributed by atoms with Crippen LogP contribution in [-0.2, 0) is 0 Å². The first kappa shape index (κ1) is 14.7. The molecule has 108 valence electrons. The van der Waals surface area contributed by atoms with Gasteiger partial charge in [0.2, 0.25) is 0 Å². The van der Waals surface area contributed by atoms with Gasteiger partial charge in [-0.05, 0) is 45.4 Å². The number of nitrogens with one attached hydrogen (secondary N) is 1. The predicted molar refractivity (Wildman–Crippen MR) is 81.2 cm³/mol. The highest BCUT2D eigenvalue weighted by molar-refractivity contribution is 5.62. The van der Waals surface area contributed by atoms with Crippen LogP contribution in [-0.4, -0.2) is 32.3 Å². The van der Waals surface area contributed by atoms with Crippen molar-refractivity contribution in [2.75, 3.05) is 25.1 Å². The lowest BCUT2D eigenvalue weighted by molar-refractivity contribution is 0.414. The van der Waals surface area contributed by atoms with E-state index in [1.165, 1.54) is 12.8 Å². The van der Waals surface area contributed by atoms with Crippen molar-refractivity contribution < 1.29 is 4.74 Å². The molecule has 1 heterocycles. The SMILES string of the molecule is COc1ccc(C#N)c(N(CC2CCCN2)C(C)C)c1. The molecule has 4 nitrogen and oxygen atoms in total. The third-order valence-corrected chi connectivity index (χ3v) is 3.84. The minimum Gasteiger partial charge on any atom is -0.497 e. The van der Waals surface area contributed by atoms with Crippen LogP contribution in [0.5, 0.6) is 5.75 Å². The van der Waals surface area contributed by atoms with E-state index in [-0.39, 0.29) is 0 Å². The van der Waals surface area contributed by atoms with Gasteiger partial charge in [-0.1, -0.05) is 0 Å². The first-order valence-electron chi connectivity index (χ1n) is 7.24. The maximum Gasteiger partial charge on any atom is 0.121 e. The second-order valence-corrected chi connectivity index (χ2v) is 5.53. The summed E-state index contributed by atoms with van der Waals surface area (Å²) in [5.74, 6) is 0.795. The predicted octanol–water partition coefficient (Wildman–Crippen LogP) is 2.53. The van der Waals surface area contributed by atoms with Gasteiger partial charge in [0.05, 0.1) is 18.4 Å². The second kappa shape index (κ2) is 6.62. The van der Waals surface area contributed by atoms with E-state index in [1.54, 1.807) is 7.11 Å². The number of rotatable bonds is 5. The van der Waals surface area contributed by atoms with Gasteiger partial charge in [-0.25, -0.2) is 0 Å². The number of nitrogens with zero attached hydrogens (tertiary/aromatic N) is 2. The van der Waals surface area contributed by atoms with E-state index in [0.29, 0.717) is 17.6 Å². The van der Waals surface area contributed by atoms with Gasteiger partial charge in [0.25, 0.3) is 0 Å². The van der Waals surface area contributed by atoms with Gasteiger partial charge < -0.3 is 15.0 Å². The van der Waals surface area contributed by atoms with Crippen molar-refractivity contribution in [1.82, 2.24) is 5.32 Å². The van der Waals surface area contributed by atoms with E-state index in [4.69, 9.17) is 4.74 Å². The summed E-state index contributed by atoms with van der Waals surface area (Å²) < 4.78 is 5.30. The van der Waals surface area contributed by atoms with Gasteiger partial charge in [0.1, 0.15) is 11.8 Å². The van der Waals surface area contributed by atoms with Gasteiger partial charge in [-0.15, -0.1) is 0 Å². The van der Waals surface area contributed by atoms with Crippen molar-refractivity contribution in [2.24, 2.45) is 0 Å². The zero-order valence-corrected chi connectivity index (χ0v) is 12.5. The monoisotopic (exact) mass is 273 g/mol. The summed E-state index contributed by atoms with van der Waals surface area (Å²) in [6.45, 7) is 6.35. The largest absolute Gasteiger partial charge is 0.497 e. The molecule has 0 amide bonds. The Morgan fingerprint density at radius 3 is 2.85 bits per heavy atom. The molecule has 20 heavy (non-hydrogen) atoms. The number of nitriles is 1. The fraction of sp³-hybridized carbons (Fsp3) is 0.562. The third kappa shape index (κ3) is 3.23. The molecule has 1 aromatic carbocycles. The van der Waals surface area contributed by atoms with Crippen LogP contribution in [0, 0.1) is 11.3 Å². The molecule has 1 saturated heterocycles. The van der Waals surface area contributed by atoms with Crippen molar-refractivity contribution >= 4 is 5.69 Å². The summed E-state index contributed by atoms with van der Waals surface area (Å²) >= 11 is 0. The van der Waals surface area contributed by atoms with Gasteiger partial charge in [0, 0.05) is 24.7 Å². The Morgan fingerprint density at radius 1 is 1.50 bits per heavy atom. The Bertz CT molecular complexity index is 487. The molecule has 1 fully saturated rings. The number of anilines is 1. The zero-order chi connectivity index (χ0) is 14.5. The quantitative estimate of drug-likeness (QED) is 0.895. The van der Waals surface area contributed by atoms with E-state index in [9.17, 15) is 5.26 Å². The molecule has 2 rings (SSSR count). The van der Waals surface area contributed by atoms with Crippen LogP contribution in [0.3, 0.4) is 0 Å². The molecule has 1 unspecified atom stereocenters. The van der Waals surface area contributed by atoms with Crippen LogP contribution < -0.4 is 15.0 Å². The van der Waals surface area contributed by atoms with Gasteiger partial charge in [0.15, 0.2) is 0 Å². The van der Waals surface area contributed by atoms with Crippen molar-refractivity contribution in [3.63, 3.8) is 0 Å². The smallest absolute Gasteiger partial charge is 0.121 e. The first-order valence-corrected chi connectivity index (χ1v) is 7.24. The maximum atomic E-state index is 9.34. The lowest BCUT2D eigenvalue weighted by Gasteiger charge is -2.32. The average molecular weight is 273 g/mol. The van der Waals surface area contributed by atoms with Crippen molar-refractivity contribution in [2.45, 2.75) is 38.8 Å². The summed E-state index contributed by atoms with van der Waals surface area (Å²) in [6, 6.07) is 8.79. The molecule has 0 saturated carbocycles. The van der Waals surface area contributed by atoms with E-state index >= 15 is 0 Å². The zero-order valence-electron chi connectivity index (χ0n) is 12.5. The highest BCUT2D eigenvalue weighted by atomic mass is 16.5. The maximum absolute atomic E-state index is 9.34. The minimum absolute atomic E-state index is 0.344. The molecule has 0 aromatic heterocycles. The molecule has 1 N–H and O–H groups in total. The van der Waals surface area contributed by atoms with Gasteiger partial charge >= 0.3 is 0 Å². The van der Waals surface area contributed by atoms with E-state index in [2.05, 4.69) is 30.1 Å².